The number of nitrogens with zero attached hydrogens (tertiary/aromatic N) is 2. The third-order valence-electron chi connectivity index (χ3n) is 4.51. The predicted molar refractivity (Wildman–Crippen MR) is 97.0 cm³/mol. The molecule has 1 aliphatic heterocycles. The van der Waals surface area contributed by atoms with E-state index in [0.717, 1.165) is 44.4 Å². The first-order valence-electron chi connectivity index (χ1n) is 8.62. The number of rotatable bonds is 7. The van der Waals surface area contributed by atoms with Crippen molar-refractivity contribution in [2.24, 2.45) is 0 Å². The van der Waals surface area contributed by atoms with E-state index in [4.69, 9.17) is 5.11 Å². The van der Waals surface area contributed by atoms with Crippen molar-refractivity contribution in [3.8, 4) is 11.3 Å². The standard InChI is InChI=1S/C18H21F2N3O2S/c19-14-6-5-12(9-15(14)20)16-11-26-18(21-16)22-17(25)10-23-7-1-3-13(23)4-2-8-24/h5-6,9,11,13,24H,1-4,7-8,10H2,(H,21,22,25). The summed E-state index contributed by atoms with van der Waals surface area (Å²) in [6, 6.07) is 3.94. The Labute approximate surface area is 154 Å². The van der Waals surface area contributed by atoms with Gasteiger partial charge in [0, 0.05) is 23.6 Å². The molecular weight excluding hydrogens is 360 g/mol. The van der Waals surface area contributed by atoms with Crippen molar-refractivity contribution in [2.75, 3.05) is 25.0 Å². The van der Waals surface area contributed by atoms with Gasteiger partial charge in [-0.2, -0.15) is 0 Å². The Balaban J connectivity index is 1.58. The molecule has 1 aromatic heterocycles. The van der Waals surface area contributed by atoms with Gasteiger partial charge in [-0.15, -0.1) is 11.3 Å². The van der Waals surface area contributed by atoms with Crippen molar-refractivity contribution in [3.63, 3.8) is 0 Å². The van der Waals surface area contributed by atoms with Crippen LogP contribution < -0.4 is 5.32 Å². The zero-order valence-corrected chi connectivity index (χ0v) is 15.1. The Morgan fingerprint density at radius 2 is 2.23 bits per heavy atom. The van der Waals surface area contributed by atoms with Gasteiger partial charge in [-0.1, -0.05) is 0 Å². The van der Waals surface area contributed by atoms with E-state index in [1.165, 1.54) is 17.4 Å². The fourth-order valence-electron chi connectivity index (χ4n) is 3.22. The minimum absolute atomic E-state index is 0.146. The second-order valence-corrected chi connectivity index (χ2v) is 7.21. The van der Waals surface area contributed by atoms with Crippen molar-refractivity contribution in [1.29, 1.82) is 0 Å². The number of aliphatic hydroxyl groups excluding tert-OH is 1. The number of likely N-dealkylation sites (tertiary alicyclic amines) is 1. The van der Waals surface area contributed by atoms with Crippen molar-refractivity contribution >= 4 is 22.4 Å². The Hall–Kier alpha value is -1.90. The van der Waals surface area contributed by atoms with Crippen LogP contribution in [-0.4, -0.2) is 46.6 Å². The van der Waals surface area contributed by atoms with Crippen molar-refractivity contribution in [2.45, 2.75) is 31.7 Å². The van der Waals surface area contributed by atoms with Gasteiger partial charge in [-0.25, -0.2) is 13.8 Å². The molecule has 0 radical (unpaired) electrons. The van der Waals surface area contributed by atoms with Crippen LogP contribution >= 0.6 is 11.3 Å². The molecule has 2 aromatic rings. The molecule has 1 saturated heterocycles. The van der Waals surface area contributed by atoms with Gasteiger partial charge >= 0.3 is 0 Å². The highest BCUT2D eigenvalue weighted by Crippen LogP contribution is 2.26. The minimum atomic E-state index is -0.927. The van der Waals surface area contributed by atoms with Crippen LogP contribution in [0.3, 0.4) is 0 Å². The van der Waals surface area contributed by atoms with Gasteiger partial charge in [-0.05, 0) is 50.4 Å². The molecule has 1 unspecified atom stereocenters. The second-order valence-electron chi connectivity index (χ2n) is 6.35. The van der Waals surface area contributed by atoms with Crippen molar-refractivity contribution in [3.05, 3.63) is 35.2 Å². The van der Waals surface area contributed by atoms with E-state index in [0.29, 0.717) is 22.4 Å². The van der Waals surface area contributed by atoms with E-state index >= 15 is 0 Å². The molecule has 3 rings (SSSR count). The average Bonchev–Trinajstić information content (AvgIpc) is 3.25. The summed E-state index contributed by atoms with van der Waals surface area (Å²) >= 11 is 1.24. The summed E-state index contributed by atoms with van der Waals surface area (Å²) in [6.45, 7) is 1.33. The number of nitrogens with one attached hydrogen (secondary N) is 1. The summed E-state index contributed by atoms with van der Waals surface area (Å²) in [5.41, 5.74) is 0.954. The lowest BCUT2D eigenvalue weighted by Crippen LogP contribution is -2.36. The van der Waals surface area contributed by atoms with Gasteiger partial charge in [-0.3, -0.25) is 9.69 Å². The molecule has 1 aliphatic rings. The molecule has 1 atom stereocenters. The number of carbonyl (C=O) groups is 1. The van der Waals surface area contributed by atoms with Gasteiger partial charge in [0.05, 0.1) is 12.2 Å². The third kappa shape index (κ3) is 4.63. The summed E-state index contributed by atoms with van der Waals surface area (Å²) in [6.07, 6.45) is 3.74. The molecule has 0 aliphatic carbocycles. The fourth-order valence-corrected chi connectivity index (χ4v) is 3.96. The van der Waals surface area contributed by atoms with Gasteiger partial charge in [0.25, 0.3) is 0 Å². The van der Waals surface area contributed by atoms with Gasteiger partial charge in [0.1, 0.15) is 0 Å². The van der Waals surface area contributed by atoms with E-state index in [1.807, 2.05) is 0 Å². The first kappa shape index (κ1) is 18.9. The normalized spacial score (nSPS) is 17.6. The van der Waals surface area contributed by atoms with E-state index in [9.17, 15) is 13.6 Å². The number of halogens is 2. The fraction of sp³-hybridized carbons (Fsp3) is 0.444. The van der Waals surface area contributed by atoms with Crippen LogP contribution in [0.1, 0.15) is 25.7 Å². The molecule has 2 heterocycles. The summed E-state index contributed by atoms with van der Waals surface area (Å²) in [5.74, 6) is -1.98. The molecule has 0 bridgehead atoms. The molecule has 1 amide bonds. The lowest BCUT2D eigenvalue weighted by atomic mass is 10.1. The zero-order valence-electron chi connectivity index (χ0n) is 14.3. The number of thiazole rings is 1. The summed E-state index contributed by atoms with van der Waals surface area (Å²) in [7, 11) is 0. The number of carbonyl (C=O) groups excluding carboxylic acids is 1. The maximum absolute atomic E-state index is 13.3. The molecule has 2 N–H and O–H groups in total. The van der Waals surface area contributed by atoms with E-state index in [2.05, 4.69) is 15.2 Å². The Kier molecular flexibility index (Phi) is 6.29. The summed E-state index contributed by atoms with van der Waals surface area (Å²) < 4.78 is 26.4. The highest BCUT2D eigenvalue weighted by atomic mass is 32.1. The Bertz CT molecular complexity index is 769. The molecule has 140 valence electrons. The van der Waals surface area contributed by atoms with Crippen LogP contribution in [0.4, 0.5) is 13.9 Å². The molecule has 0 saturated carbocycles. The van der Waals surface area contributed by atoms with Crippen molar-refractivity contribution in [1.82, 2.24) is 9.88 Å². The smallest absolute Gasteiger partial charge is 0.240 e. The Morgan fingerprint density at radius 1 is 1.38 bits per heavy atom. The lowest BCUT2D eigenvalue weighted by Gasteiger charge is -2.23. The molecule has 1 fully saturated rings. The number of aromatic nitrogens is 1. The highest BCUT2D eigenvalue weighted by molar-refractivity contribution is 7.14. The van der Waals surface area contributed by atoms with Gasteiger partial charge < -0.3 is 10.4 Å². The van der Waals surface area contributed by atoms with Crippen LogP contribution in [-0.2, 0) is 4.79 Å². The number of amides is 1. The minimum Gasteiger partial charge on any atom is -0.396 e. The first-order chi connectivity index (χ1) is 12.6. The third-order valence-corrected chi connectivity index (χ3v) is 5.26. The predicted octanol–water partition coefficient (Wildman–Crippen LogP) is 3.26. The number of hydrogen-bond donors (Lipinski definition) is 2. The molecule has 1 aromatic carbocycles. The maximum Gasteiger partial charge on any atom is 0.240 e. The lowest BCUT2D eigenvalue weighted by molar-refractivity contribution is -0.117. The number of benzene rings is 1. The largest absolute Gasteiger partial charge is 0.396 e. The molecule has 0 spiro atoms. The maximum atomic E-state index is 13.3. The highest BCUT2D eigenvalue weighted by Gasteiger charge is 2.25. The number of hydrogen-bond acceptors (Lipinski definition) is 5. The summed E-state index contributed by atoms with van der Waals surface area (Å²) in [4.78, 5) is 18.7. The van der Waals surface area contributed by atoms with Gasteiger partial charge in [0.2, 0.25) is 5.91 Å². The topological polar surface area (TPSA) is 65.5 Å². The van der Waals surface area contributed by atoms with Crippen LogP contribution in [0.15, 0.2) is 23.6 Å². The van der Waals surface area contributed by atoms with Crippen LogP contribution in [0.25, 0.3) is 11.3 Å². The van der Waals surface area contributed by atoms with Crippen LogP contribution in [0, 0.1) is 11.6 Å². The van der Waals surface area contributed by atoms with E-state index in [-0.39, 0.29) is 19.1 Å². The van der Waals surface area contributed by atoms with Crippen LogP contribution in [0.2, 0.25) is 0 Å². The zero-order chi connectivity index (χ0) is 18.5. The van der Waals surface area contributed by atoms with Crippen molar-refractivity contribution < 1.29 is 18.7 Å². The van der Waals surface area contributed by atoms with E-state index < -0.39 is 11.6 Å². The SMILES string of the molecule is O=C(CN1CCCC1CCCO)Nc1nc(-c2ccc(F)c(F)c2)cs1. The molecule has 8 heteroatoms. The second kappa shape index (κ2) is 8.66. The number of aliphatic hydroxyl groups is 1. The Morgan fingerprint density at radius 3 is 3.00 bits per heavy atom. The van der Waals surface area contributed by atoms with E-state index in [1.54, 1.807) is 5.38 Å². The molecular formula is C18H21F2N3O2S. The molecule has 26 heavy (non-hydrogen) atoms. The summed E-state index contributed by atoms with van der Waals surface area (Å²) in [5, 5.41) is 13.9. The van der Waals surface area contributed by atoms with Crippen LogP contribution in [0.5, 0.6) is 0 Å². The molecule has 5 nitrogen and oxygen atoms in total. The average molecular weight is 381 g/mol. The number of anilines is 1. The monoisotopic (exact) mass is 381 g/mol. The first-order valence-corrected chi connectivity index (χ1v) is 9.50. The van der Waals surface area contributed by atoms with Gasteiger partial charge in [0.15, 0.2) is 16.8 Å². The quantitative estimate of drug-likeness (QED) is 0.773.